The van der Waals surface area contributed by atoms with Crippen molar-refractivity contribution in [3.63, 3.8) is 0 Å². The van der Waals surface area contributed by atoms with E-state index in [1.165, 1.54) is 0 Å². The third-order valence-electron chi connectivity index (χ3n) is 2.55. The molecule has 0 aromatic carbocycles. The van der Waals surface area contributed by atoms with Gasteiger partial charge in [0.25, 0.3) is 0 Å². The zero-order valence-electron chi connectivity index (χ0n) is 12.0. The van der Waals surface area contributed by atoms with E-state index in [0.29, 0.717) is 12.6 Å². The van der Waals surface area contributed by atoms with Crippen LogP contribution < -0.4 is 5.32 Å². The Kier molecular flexibility index (Phi) is 8.47. The number of likely N-dealkylation sites (N-methyl/N-ethyl adjacent to an activating group) is 2. The summed E-state index contributed by atoms with van der Waals surface area (Å²) in [6.45, 7) is 8.97. The van der Waals surface area contributed by atoms with Gasteiger partial charge >= 0.3 is 0 Å². The number of methoxy groups -OCH3 is 1. The molecule has 1 N–H and O–H groups in total. The summed E-state index contributed by atoms with van der Waals surface area (Å²) in [5, 5.41) is 4.11. The lowest BCUT2D eigenvalue weighted by Crippen LogP contribution is -2.50. The van der Waals surface area contributed by atoms with Gasteiger partial charge in [-0.1, -0.05) is 0 Å². The Labute approximate surface area is 111 Å². The molecule has 0 spiro atoms. The molecule has 0 heterocycles. The highest BCUT2D eigenvalue weighted by Gasteiger charge is 2.17. The van der Waals surface area contributed by atoms with Gasteiger partial charge in [0, 0.05) is 32.3 Å². The normalized spacial score (nSPS) is 14.5. The molecule has 2 unspecified atom stereocenters. The van der Waals surface area contributed by atoms with Gasteiger partial charge in [0.1, 0.15) is 0 Å². The maximum absolute atomic E-state index is 5.43. The number of nitrogens with one attached hydrogen (secondary N) is 1. The van der Waals surface area contributed by atoms with Crippen molar-refractivity contribution in [2.45, 2.75) is 32.9 Å². The lowest BCUT2D eigenvalue weighted by molar-refractivity contribution is 0.176. The van der Waals surface area contributed by atoms with Crippen LogP contribution in [0.25, 0.3) is 0 Å². The molecule has 5 heteroatoms. The van der Waals surface area contributed by atoms with Crippen molar-refractivity contribution in [1.82, 2.24) is 15.1 Å². The molecular weight excluding hydrogens is 234 g/mol. The smallest absolute Gasteiger partial charge is 0.169 e. The molecule has 17 heavy (non-hydrogen) atoms. The molecule has 0 aromatic heterocycles. The third-order valence-corrected chi connectivity index (χ3v) is 2.90. The Balaban J connectivity index is 4.29. The minimum Gasteiger partial charge on any atom is -0.383 e. The summed E-state index contributed by atoms with van der Waals surface area (Å²) in [7, 11) is 5.86. The van der Waals surface area contributed by atoms with Crippen LogP contribution in [0.4, 0.5) is 0 Å². The fourth-order valence-electron chi connectivity index (χ4n) is 1.87. The van der Waals surface area contributed by atoms with Crippen molar-refractivity contribution in [2.75, 3.05) is 40.9 Å². The Morgan fingerprint density at radius 1 is 1.35 bits per heavy atom. The summed E-state index contributed by atoms with van der Waals surface area (Å²) in [6.07, 6.45) is 0. The van der Waals surface area contributed by atoms with Crippen molar-refractivity contribution >= 4 is 17.3 Å². The highest BCUT2D eigenvalue weighted by Crippen LogP contribution is 2.02. The largest absolute Gasteiger partial charge is 0.383 e. The molecule has 0 aliphatic rings. The van der Waals surface area contributed by atoms with E-state index in [0.717, 1.165) is 18.2 Å². The summed E-state index contributed by atoms with van der Waals surface area (Å²) in [5.41, 5.74) is 0. The van der Waals surface area contributed by atoms with Crippen molar-refractivity contribution in [1.29, 1.82) is 0 Å². The third kappa shape index (κ3) is 6.81. The molecule has 0 saturated carbocycles. The monoisotopic (exact) mass is 261 g/mol. The minimum absolute atomic E-state index is 0.244. The molecule has 0 aliphatic heterocycles. The molecule has 0 bridgehead atoms. The van der Waals surface area contributed by atoms with Crippen molar-refractivity contribution < 1.29 is 4.74 Å². The van der Waals surface area contributed by atoms with Gasteiger partial charge in [-0.05, 0) is 47.1 Å². The second kappa shape index (κ2) is 8.66. The Hall–Kier alpha value is -0.390. The Bertz CT molecular complexity index is 224. The van der Waals surface area contributed by atoms with E-state index in [9.17, 15) is 0 Å². The lowest BCUT2D eigenvalue weighted by atomic mass is 10.2. The summed E-state index contributed by atoms with van der Waals surface area (Å²) in [4.78, 5) is 4.38. The van der Waals surface area contributed by atoms with E-state index in [-0.39, 0.29) is 6.04 Å². The molecule has 0 fully saturated rings. The highest BCUT2D eigenvalue weighted by atomic mass is 32.1. The first kappa shape index (κ1) is 16.6. The first-order valence-corrected chi connectivity index (χ1v) is 6.53. The van der Waals surface area contributed by atoms with Crippen LogP contribution in [0, 0.1) is 0 Å². The Morgan fingerprint density at radius 2 is 1.94 bits per heavy atom. The average Bonchev–Trinajstić information content (AvgIpc) is 2.17. The molecule has 0 aliphatic carbocycles. The molecule has 102 valence electrons. The van der Waals surface area contributed by atoms with Crippen LogP contribution in [0.5, 0.6) is 0 Å². The Morgan fingerprint density at radius 3 is 2.35 bits per heavy atom. The van der Waals surface area contributed by atoms with Gasteiger partial charge in [0.15, 0.2) is 5.11 Å². The van der Waals surface area contributed by atoms with Crippen LogP contribution in [0.3, 0.4) is 0 Å². The standard InChI is InChI=1S/C12H27N3OS/c1-7-15(11(3)8-14(4)5)12(17)13-10(2)9-16-6/h10-11H,7-9H2,1-6H3,(H,13,17). The second-order valence-electron chi connectivity index (χ2n) is 4.70. The molecule has 0 amide bonds. The van der Waals surface area contributed by atoms with Crippen molar-refractivity contribution in [3.8, 4) is 0 Å². The molecule has 0 aromatic rings. The van der Waals surface area contributed by atoms with Crippen LogP contribution >= 0.6 is 12.2 Å². The van der Waals surface area contributed by atoms with Crippen LogP contribution in [-0.4, -0.2) is 67.9 Å². The molecule has 0 rings (SSSR count). The molecule has 0 saturated heterocycles. The molecule has 4 nitrogen and oxygen atoms in total. The maximum atomic E-state index is 5.43. The molecule has 0 radical (unpaired) electrons. The van der Waals surface area contributed by atoms with Gasteiger partial charge in [-0.15, -0.1) is 0 Å². The second-order valence-corrected chi connectivity index (χ2v) is 5.09. The van der Waals surface area contributed by atoms with Crippen molar-refractivity contribution in [3.05, 3.63) is 0 Å². The van der Waals surface area contributed by atoms with Crippen molar-refractivity contribution in [2.24, 2.45) is 0 Å². The average molecular weight is 261 g/mol. The summed E-state index contributed by atoms with van der Waals surface area (Å²) < 4.78 is 5.09. The first-order valence-electron chi connectivity index (χ1n) is 6.13. The zero-order valence-corrected chi connectivity index (χ0v) is 12.8. The fraction of sp³-hybridized carbons (Fsp3) is 0.917. The van der Waals surface area contributed by atoms with Gasteiger partial charge < -0.3 is 19.9 Å². The predicted octanol–water partition coefficient (Wildman–Crippen LogP) is 1.17. The number of hydrogen-bond acceptors (Lipinski definition) is 3. The van der Waals surface area contributed by atoms with E-state index in [1.54, 1.807) is 7.11 Å². The predicted molar refractivity (Wildman–Crippen MR) is 77.5 cm³/mol. The number of rotatable bonds is 7. The van der Waals surface area contributed by atoms with Crippen LogP contribution in [0.1, 0.15) is 20.8 Å². The van der Waals surface area contributed by atoms with Crippen LogP contribution in [-0.2, 0) is 4.74 Å². The van der Waals surface area contributed by atoms with Crippen LogP contribution in [0.15, 0.2) is 0 Å². The molecule has 2 atom stereocenters. The lowest BCUT2D eigenvalue weighted by Gasteiger charge is -2.33. The summed E-state index contributed by atoms with van der Waals surface area (Å²) in [5.74, 6) is 0. The number of thiocarbonyl (C=S) groups is 1. The van der Waals surface area contributed by atoms with Gasteiger partial charge in [-0.25, -0.2) is 0 Å². The zero-order chi connectivity index (χ0) is 13.4. The number of hydrogen-bond donors (Lipinski definition) is 1. The van der Waals surface area contributed by atoms with E-state index in [2.05, 4.69) is 50.0 Å². The summed E-state index contributed by atoms with van der Waals surface area (Å²) >= 11 is 5.43. The SMILES string of the molecule is CCN(C(=S)NC(C)COC)C(C)CN(C)C. The van der Waals surface area contributed by atoms with Gasteiger partial charge in [0.05, 0.1) is 6.61 Å². The van der Waals surface area contributed by atoms with Gasteiger partial charge in [0.2, 0.25) is 0 Å². The number of nitrogens with zero attached hydrogens (tertiary/aromatic N) is 2. The van der Waals surface area contributed by atoms with E-state index in [4.69, 9.17) is 17.0 Å². The number of ether oxygens (including phenoxy) is 1. The fourth-order valence-corrected chi connectivity index (χ4v) is 2.38. The quantitative estimate of drug-likeness (QED) is 0.695. The van der Waals surface area contributed by atoms with E-state index >= 15 is 0 Å². The maximum Gasteiger partial charge on any atom is 0.169 e. The minimum atomic E-state index is 0.244. The van der Waals surface area contributed by atoms with Crippen LogP contribution in [0.2, 0.25) is 0 Å². The van der Waals surface area contributed by atoms with E-state index < -0.39 is 0 Å². The van der Waals surface area contributed by atoms with Gasteiger partial charge in [-0.3, -0.25) is 0 Å². The topological polar surface area (TPSA) is 27.7 Å². The summed E-state index contributed by atoms with van der Waals surface area (Å²) in [6, 6.07) is 0.651. The first-order chi connectivity index (χ1) is 7.92. The van der Waals surface area contributed by atoms with E-state index in [1.807, 2.05) is 0 Å². The van der Waals surface area contributed by atoms with Gasteiger partial charge in [-0.2, -0.15) is 0 Å². The highest BCUT2D eigenvalue weighted by molar-refractivity contribution is 7.80. The molecular formula is C12H27N3OS.